The third-order valence-electron chi connectivity index (χ3n) is 1.01. The number of nitrogens with zero attached hydrogens (tertiary/aromatic N) is 1. The van der Waals surface area contributed by atoms with Crippen molar-refractivity contribution in [3.05, 3.63) is 29.8 Å². The van der Waals surface area contributed by atoms with Gasteiger partial charge in [0.15, 0.2) is 0 Å². The Morgan fingerprint density at radius 1 is 1.55 bits per heavy atom. The molecule has 0 saturated carbocycles. The van der Waals surface area contributed by atoms with Crippen LogP contribution in [0.25, 0.3) is 0 Å². The Morgan fingerprint density at radius 3 is 2.91 bits per heavy atom. The average molecular weight is 170 g/mol. The van der Waals surface area contributed by atoms with E-state index in [2.05, 4.69) is 16.8 Å². The predicted molar refractivity (Wildman–Crippen MR) is 41.8 cm³/mol. The Hall–Kier alpha value is -1.07. The Kier molecular flexibility index (Phi) is 2.88. The fourth-order valence-corrected chi connectivity index (χ4v) is 0.641. The largest absolute Gasteiger partial charge is 0.245 e. The van der Waals surface area contributed by atoms with Crippen LogP contribution in [-0.2, 0) is 0 Å². The molecule has 0 aliphatic heterocycles. The van der Waals surface area contributed by atoms with E-state index < -0.39 is 0 Å². The normalized spacial score (nSPS) is 8.55. The monoisotopic (exact) mass is 169 g/mol. The summed E-state index contributed by atoms with van der Waals surface area (Å²) < 4.78 is 12.3. The van der Waals surface area contributed by atoms with E-state index in [4.69, 9.17) is 11.6 Å². The average Bonchev–Trinajstić information content (AvgIpc) is 2.04. The molecule has 0 aliphatic rings. The van der Waals surface area contributed by atoms with Gasteiger partial charge in [-0.25, -0.2) is 9.37 Å². The van der Waals surface area contributed by atoms with E-state index in [-0.39, 0.29) is 11.7 Å². The first-order valence-electron chi connectivity index (χ1n) is 2.99. The molecule has 0 aromatic carbocycles. The van der Waals surface area contributed by atoms with Crippen molar-refractivity contribution >= 4 is 11.6 Å². The minimum atomic E-state index is -0.360. The van der Waals surface area contributed by atoms with Gasteiger partial charge in [-0.15, -0.1) is 11.6 Å². The molecule has 0 saturated heterocycles. The van der Waals surface area contributed by atoms with Crippen LogP contribution in [0, 0.1) is 17.7 Å². The van der Waals surface area contributed by atoms with Crippen LogP contribution >= 0.6 is 11.6 Å². The molecule has 1 aromatic heterocycles. The summed E-state index contributed by atoms with van der Waals surface area (Å²) in [5.41, 5.74) is 0.534. The number of halogens is 2. The van der Waals surface area contributed by atoms with E-state index in [9.17, 15) is 4.39 Å². The van der Waals surface area contributed by atoms with Gasteiger partial charge in [-0.05, 0) is 18.1 Å². The zero-order valence-corrected chi connectivity index (χ0v) is 6.40. The standard InChI is InChI=1S/C8H5ClFN/c9-5-1-2-8-4-3-7(10)6-11-8/h3-4,6H,5H2. The first-order chi connectivity index (χ1) is 5.33. The van der Waals surface area contributed by atoms with Crippen LogP contribution in [0.15, 0.2) is 18.3 Å². The van der Waals surface area contributed by atoms with Gasteiger partial charge in [0.2, 0.25) is 0 Å². The molecule has 0 aliphatic carbocycles. The Labute approximate surface area is 69.2 Å². The van der Waals surface area contributed by atoms with Gasteiger partial charge in [0.05, 0.1) is 12.1 Å². The molecule has 0 unspecified atom stereocenters. The molecule has 56 valence electrons. The minimum absolute atomic E-state index is 0.263. The number of hydrogen-bond donors (Lipinski definition) is 0. The van der Waals surface area contributed by atoms with Gasteiger partial charge < -0.3 is 0 Å². The molecule has 1 rings (SSSR count). The maximum atomic E-state index is 12.3. The van der Waals surface area contributed by atoms with Gasteiger partial charge in [-0.1, -0.05) is 5.92 Å². The third-order valence-corrected chi connectivity index (χ3v) is 1.14. The van der Waals surface area contributed by atoms with Crippen LogP contribution < -0.4 is 0 Å². The molecular formula is C8H5ClFN. The number of hydrogen-bond acceptors (Lipinski definition) is 1. The fraction of sp³-hybridized carbons (Fsp3) is 0.125. The second-order valence-corrected chi connectivity index (χ2v) is 2.06. The Balaban J connectivity index is 2.82. The lowest BCUT2D eigenvalue weighted by Crippen LogP contribution is -1.82. The van der Waals surface area contributed by atoms with E-state index in [1.165, 1.54) is 12.1 Å². The molecule has 0 N–H and O–H groups in total. The van der Waals surface area contributed by atoms with Crippen molar-refractivity contribution < 1.29 is 4.39 Å². The molecule has 1 aromatic rings. The van der Waals surface area contributed by atoms with E-state index in [1.807, 2.05) is 0 Å². The first-order valence-corrected chi connectivity index (χ1v) is 3.53. The summed E-state index contributed by atoms with van der Waals surface area (Å²) >= 11 is 5.31. The van der Waals surface area contributed by atoms with Gasteiger partial charge in [0.25, 0.3) is 0 Å². The van der Waals surface area contributed by atoms with Crippen molar-refractivity contribution in [2.24, 2.45) is 0 Å². The van der Waals surface area contributed by atoms with Crippen molar-refractivity contribution in [1.29, 1.82) is 0 Å². The maximum Gasteiger partial charge on any atom is 0.141 e. The van der Waals surface area contributed by atoms with Crippen LogP contribution in [0.4, 0.5) is 4.39 Å². The Bertz CT molecular complexity index is 283. The minimum Gasteiger partial charge on any atom is -0.245 e. The molecule has 11 heavy (non-hydrogen) atoms. The molecule has 0 radical (unpaired) electrons. The smallest absolute Gasteiger partial charge is 0.141 e. The highest BCUT2D eigenvalue weighted by Crippen LogP contribution is 1.95. The van der Waals surface area contributed by atoms with Crippen LogP contribution in [-0.4, -0.2) is 10.9 Å². The first kappa shape index (κ1) is 8.03. The predicted octanol–water partition coefficient (Wildman–Crippen LogP) is 1.81. The lowest BCUT2D eigenvalue weighted by atomic mass is 10.3. The van der Waals surface area contributed by atoms with Crippen molar-refractivity contribution in [1.82, 2.24) is 4.98 Å². The van der Waals surface area contributed by atoms with E-state index in [0.717, 1.165) is 6.20 Å². The van der Waals surface area contributed by atoms with Crippen LogP contribution in [0.1, 0.15) is 5.69 Å². The summed E-state index contributed by atoms with van der Waals surface area (Å²) in [5.74, 6) is 5.18. The van der Waals surface area contributed by atoms with E-state index in [1.54, 1.807) is 0 Å². The topological polar surface area (TPSA) is 12.9 Å². The summed E-state index contributed by atoms with van der Waals surface area (Å²) in [5, 5.41) is 0. The summed E-state index contributed by atoms with van der Waals surface area (Å²) in [6.07, 6.45) is 1.12. The molecule has 3 heteroatoms. The highest BCUT2D eigenvalue weighted by Gasteiger charge is 1.88. The van der Waals surface area contributed by atoms with Gasteiger partial charge in [-0.2, -0.15) is 0 Å². The molecule has 0 spiro atoms. The second kappa shape index (κ2) is 3.95. The number of aromatic nitrogens is 1. The molecular weight excluding hydrogens is 165 g/mol. The van der Waals surface area contributed by atoms with Gasteiger partial charge in [0.1, 0.15) is 11.5 Å². The van der Waals surface area contributed by atoms with Crippen LogP contribution in [0.3, 0.4) is 0 Å². The van der Waals surface area contributed by atoms with Gasteiger partial charge in [-0.3, -0.25) is 0 Å². The molecule has 0 bridgehead atoms. The zero-order valence-electron chi connectivity index (χ0n) is 5.64. The fourth-order valence-electron chi connectivity index (χ4n) is 0.574. The highest BCUT2D eigenvalue weighted by molar-refractivity contribution is 6.19. The summed E-state index contributed by atoms with van der Waals surface area (Å²) in [4.78, 5) is 3.71. The lowest BCUT2D eigenvalue weighted by molar-refractivity contribution is 0.621. The van der Waals surface area contributed by atoms with E-state index in [0.29, 0.717) is 5.69 Å². The van der Waals surface area contributed by atoms with E-state index >= 15 is 0 Å². The molecule has 0 atom stereocenters. The summed E-state index contributed by atoms with van der Waals surface area (Å²) in [6.45, 7) is 0. The quantitative estimate of drug-likeness (QED) is 0.427. The molecule has 1 heterocycles. The molecule has 0 amide bonds. The van der Waals surface area contributed by atoms with Gasteiger partial charge in [0, 0.05) is 0 Å². The lowest BCUT2D eigenvalue weighted by Gasteiger charge is -1.86. The Morgan fingerprint density at radius 2 is 2.36 bits per heavy atom. The molecule has 0 fully saturated rings. The van der Waals surface area contributed by atoms with Crippen molar-refractivity contribution in [2.45, 2.75) is 0 Å². The van der Waals surface area contributed by atoms with Crippen LogP contribution in [0.2, 0.25) is 0 Å². The summed E-state index contributed by atoms with van der Waals surface area (Å²) in [7, 11) is 0. The molecule has 1 nitrogen and oxygen atoms in total. The van der Waals surface area contributed by atoms with Crippen molar-refractivity contribution in [3.63, 3.8) is 0 Å². The van der Waals surface area contributed by atoms with Crippen molar-refractivity contribution in [2.75, 3.05) is 5.88 Å². The SMILES string of the molecule is Fc1ccc(C#CCCl)nc1. The van der Waals surface area contributed by atoms with Crippen molar-refractivity contribution in [3.8, 4) is 11.8 Å². The number of alkyl halides is 1. The summed E-state index contributed by atoms with van der Waals surface area (Å²) in [6, 6.07) is 2.82. The number of rotatable bonds is 0. The number of pyridine rings is 1. The highest BCUT2D eigenvalue weighted by atomic mass is 35.5. The van der Waals surface area contributed by atoms with Crippen LogP contribution in [0.5, 0.6) is 0 Å². The second-order valence-electron chi connectivity index (χ2n) is 1.80. The third kappa shape index (κ3) is 2.57. The van der Waals surface area contributed by atoms with Gasteiger partial charge >= 0.3 is 0 Å². The zero-order chi connectivity index (χ0) is 8.10. The maximum absolute atomic E-state index is 12.3.